The zero-order valence-corrected chi connectivity index (χ0v) is 16.9. The maximum atomic E-state index is 13.3. The Morgan fingerprint density at radius 3 is 2.19 bits per heavy atom. The molecule has 3 aromatic carbocycles. The number of amides is 1. The molecule has 0 radical (unpaired) electrons. The predicted octanol–water partition coefficient (Wildman–Crippen LogP) is 5.64. The number of aliphatic hydroxyl groups is 1. The van der Waals surface area contributed by atoms with Crippen LogP contribution in [-0.4, -0.2) is 16.8 Å². The van der Waals surface area contributed by atoms with Crippen molar-refractivity contribution >= 4 is 23.1 Å². The molecule has 4 rings (SSSR count). The zero-order chi connectivity index (χ0) is 23.0. The Balaban J connectivity index is 1.94. The normalized spacial score (nSPS) is 18.2. The standard InChI is InChI=1S/C25H18F3NO3/c1-15-10-12-16(13-11-15)21-20(22(30)17-6-3-2-4-7-17)23(31)24(32)29(21)19-9-5-8-18(14-19)25(26,27)28/h2-14,21,30H,1H3/t21-/m0/s1. The van der Waals surface area contributed by atoms with Gasteiger partial charge in [-0.15, -0.1) is 0 Å². The van der Waals surface area contributed by atoms with Crippen LogP contribution < -0.4 is 4.90 Å². The topological polar surface area (TPSA) is 57.6 Å². The maximum absolute atomic E-state index is 13.3. The molecule has 0 saturated carbocycles. The molecule has 1 aliphatic heterocycles. The number of alkyl halides is 3. The van der Waals surface area contributed by atoms with Gasteiger partial charge < -0.3 is 5.11 Å². The summed E-state index contributed by atoms with van der Waals surface area (Å²) < 4.78 is 39.9. The summed E-state index contributed by atoms with van der Waals surface area (Å²) in [5.74, 6) is -2.36. The summed E-state index contributed by atoms with van der Waals surface area (Å²) in [7, 11) is 0. The average molecular weight is 437 g/mol. The molecule has 0 aromatic heterocycles. The van der Waals surface area contributed by atoms with Crippen LogP contribution in [0, 0.1) is 6.92 Å². The van der Waals surface area contributed by atoms with Gasteiger partial charge in [0.2, 0.25) is 0 Å². The van der Waals surface area contributed by atoms with Gasteiger partial charge in [0.25, 0.3) is 11.7 Å². The number of ketones is 1. The largest absolute Gasteiger partial charge is 0.507 e. The molecule has 1 saturated heterocycles. The van der Waals surface area contributed by atoms with Gasteiger partial charge in [-0.1, -0.05) is 66.2 Å². The van der Waals surface area contributed by atoms with Gasteiger partial charge in [-0.2, -0.15) is 13.2 Å². The van der Waals surface area contributed by atoms with E-state index in [0.717, 1.165) is 22.6 Å². The number of hydrogen-bond acceptors (Lipinski definition) is 3. The van der Waals surface area contributed by atoms with Crippen molar-refractivity contribution in [3.63, 3.8) is 0 Å². The van der Waals surface area contributed by atoms with Gasteiger partial charge in [0, 0.05) is 11.3 Å². The Morgan fingerprint density at radius 2 is 1.56 bits per heavy atom. The highest BCUT2D eigenvalue weighted by molar-refractivity contribution is 6.51. The number of nitrogens with zero attached hydrogens (tertiary/aromatic N) is 1. The van der Waals surface area contributed by atoms with Gasteiger partial charge in [0.15, 0.2) is 0 Å². The van der Waals surface area contributed by atoms with Crippen molar-refractivity contribution in [2.24, 2.45) is 0 Å². The quantitative estimate of drug-likeness (QED) is 0.328. The summed E-state index contributed by atoms with van der Waals surface area (Å²) in [5.41, 5.74) is 0.536. The van der Waals surface area contributed by atoms with Gasteiger partial charge in [-0.05, 0) is 30.7 Å². The first-order valence-electron chi connectivity index (χ1n) is 9.78. The van der Waals surface area contributed by atoms with Crippen LogP contribution in [0.4, 0.5) is 18.9 Å². The third kappa shape index (κ3) is 3.77. The Bertz CT molecular complexity index is 1220. The van der Waals surface area contributed by atoms with E-state index in [1.165, 1.54) is 12.1 Å². The van der Waals surface area contributed by atoms with Gasteiger partial charge in [-0.3, -0.25) is 14.5 Å². The Kier molecular flexibility index (Phi) is 5.34. The number of anilines is 1. The molecule has 1 atom stereocenters. The van der Waals surface area contributed by atoms with Crippen LogP contribution in [0.25, 0.3) is 5.76 Å². The minimum atomic E-state index is -4.62. The van der Waals surface area contributed by atoms with Crippen molar-refractivity contribution in [2.45, 2.75) is 19.1 Å². The highest BCUT2D eigenvalue weighted by atomic mass is 19.4. The highest BCUT2D eigenvalue weighted by Gasteiger charge is 2.47. The lowest BCUT2D eigenvalue weighted by molar-refractivity contribution is -0.137. The highest BCUT2D eigenvalue weighted by Crippen LogP contribution is 2.43. The molecule has 1 aliphatic rings. The number of rotatable bonds is 3. The SMILES string of the molecule is Cc1ccc([C@H]2C(=C(O)c3ccccc3)C(=O)C(=O)N2c2cccc(C(F)(F)F)c2)cc1. The van der Waals surface area contributed by atoms with E-state index in [2.05, 4.69) is 0 Å². The van der Waals surface area contributed by atoms with Gasteiger partial charge in [-0.25, -0.2) is 0 Å². The second-order valence-corrected chi connectivity index (χ2v) is 7.49. The Hall–Kier alpha value is -3.87. The molecule has 0 bridgehead atoms. The Morgan fingerprint density at radius 1 is 0.906 bits per heavy atom. The molecule has 7 heteroatoms. The Labute approximate surface area is 182 Å². The molecule has 1 heterocycles. The van der Waals surface area contributed by atoms with E-state index in [4.69, 9.17) is 0 Å². The van der Waals surface area contributed by atoms with Crippen LogP contribution >= 0.6 is 0 Å². The fourth-order valence-corrected chi connectivity index (χ4v) is 3.75. The second-order valence-electron chi connectivity index (χ2n) is 7.49. The van der Waals surface area contributed by atoms with E-state index in [1.807, 2.05) is 6.92 Å². The molecule has 3 aromatic rings. The lowest BCUT2D eigenvalue weighted by Crippen LogP contribution is -2.29. The second kappa shape index (κ2) is 8.00. The number of carbonyl (C=O) groups excluding carboxylic acids is 2. The molecule has 4 nitrogen and oxygen atoms in total. The molecule has 162 valence electrons. The zero-order valence-electron chi connectivity index (χ0n) is 16.9. The van der Waals surface area contributed by atoms with E-state index in [1.54, 1.807) is 54.6 Å². The number of aliphatic hydroxyl groups excluding tert-OH is 1. The average Bonchev–Trinajstić information content (AvgIpc) is 3.04. The fourth-order valence-electron chi connectivity index (χ4n) is 3.75. The lowest BCUT2D eigenvalue weighted by atomic mass is 9.94. The molecule has 1 N–H and O–H groups in total. The van der Waals surface area contributed by atoms with Crippen LogP contribution in [0.15, 0.2) is 84.4 Å². The molecule has 0 unspecified atom stereocenters. The maximum Gasteiger partial charge on any atom is 0.416 e. The minimum Gasteiger partial charge on any atom is -0.507 e. The minimum absolute atomic E-state index is 0.0837. The van der Waals surface area contributed by atoms with Crippen molar-refractivity contribution in [1.29, 1.82) is 0 Å². The van der Waals surface area contributed by atoms with E-state index >= 15 is 0 Å². The lowest BCUT2D eigenvalue weighted by Gasteiger charge is -2.26. The van der Waals surface area contributed by atoms with Crippen LogP contribution in [0.5, 0.6) is 0 Å². The number of aryl methyl sites for hydroxylation is 1. The van der Waals surface area contributed by atoms with Crippen molar-refractivity contribution in [3.05, 3.63) is 107 Å². The summed E-state index contributed by atoms with van der Waals surface area (Å²) in [4.78, 5) is 27.0. The summed E-state index contributed by atoms with van der Waals surface area (Å²) in [6, 6.07) is 18.3. The van der Waals surface area contributed by atoms with Gasteiger partial charge in [0.1, 0.15) is 5.76 Å². The van der Waals surface area contributed by atoms with Gasteiger partial charge in [0.05, 0.1) is 17.2 Å². The number of carbonyl (C=O) groups is 2. The molecule has 1 amide bonds. The third-order valence-corrected chi connectivity index (χ3v) is 5.34. The fraction of sp³-hybridized carbons (Fsp3) is 0.120. The van der Waals surface area contributed by atoms with Crippen molar-refractivity contribution in [1.82, 2.24) is 0 Å². The van der Waals surface area contributed by atoms with E-state index in [9.17, 15) is 27.9 Å². The first-order valence-corrected chi connectivity index (χ1v) is 9.78. The third-order valence-electron chi connectivity index (χ3n) is 5.34. The van der Waals surface area contributed by atoms with Crippen molar-refractivity contribution < 1.29 is 27.9 Å². The first-order chi connectivity index (χ1) is 15.2. The number of halogens is 3. The first kappa shape index (κ1) is 21.4. The van der Waals surface area contributed by atoms with E-state index < -0.39 is 29.5 Å². The van der Waals surface area contributed by atoms with Crippen LogP contribution in [-0.2, 0) is 15.8 Å². The predicted molar refractivity (Wildman–Crippen MR) is 114 cm³/mol. The van der Waals surface area contributed by atoms with Gasteiger partial charge >= 0.3 is 6.18 Å². The molecule has 32 heavy (non-hydrogen) atoms. The molecular formula is C25H18F3NO3. The van der Waals surface area contributed by atoms with Crippen LogP contribution in [0.1, 0.15) is 28.3 Å². The van der Waals surface area contributed by atoms with E-state index in [-0.39, 0.29) is 17.0 Å². The molecule has 0 aliphatic carbocycles. The smallest absolute Gasteiger partial charge is 0.416 e. The summed E-state index contributed by atoms with van der Waals surface area (Å²) >= 11 is 0. The molecule has 1 fully saturated rings. The summed E-state index contributed by atoms with van der Waals surface area (Å²) in [5, 5.41) is 10.9. The molecular weight excluding hydrogens is 419 g/mol. The summed E-state index contributed by atoms with van der Waals surface area (Å²) in [6.07, 6.45) is -4.62. The van der Waals surface area contributed by atoms with E-state index in [0.29, 0.717) is 11.1 Å². The van der Waals surface area contributed by atoms with Crippen LogP contribution in [0.2, 0.25) is 0 Å². The van der Waals surface area contributed by atoms with Crippen LogP contribution in [0.3, 0.4) is 0 Å². The number of Topliss-reactive ketones (excluding diaryl/α,β-unsaturated/α-hetero) is 1. The van der Waals surface area contributed by atoms with Crippen molar-refractivity contribution in [3.8, 4) is 0 Å². The number of hydrogen-bond donors (Lipinski definition) is 1. The molecule has 0 spiro atoms. The van der Waals surface area contributed by atoms with Crippen molar-refractivity contribution in [2.75, 3.05) is 4.90 Å². The summed E-state index contributed by atoms with van der Waals surface area (Å²) in [6.45, 7) is 1.86. The monoisotopic (exact) mass is 437 g/mol. The number of benzene rings is 3.